The zero-order valence-corrected chi connectivity index (χ0v) is 8.34. The van der Waals surface area contributed by atoms with E-state index in [9.17, 15) is 0 Å². The molecule has 0 aromatic rings. The molecule has 0 saturated carbocycles. The molecule has 5 heavy (non-hydrogen) atoms. The summed E-state index contributed by atoms with van der Waals surface area (Å²) in [4.78, 5) is 0. The summed E-state index contributed by atoms with van der Waals surface area (Å²) >= 11 is -2.00. The fraction of sp³-hybridized carbons (Fsp3) is 0. The fourth-order valence-corrected chi connectivity index (χ4v) is 0. The van der Waals surface area contributed by atoms with Gasteiger partial charge >= 0.3 is 25.7 Å². The van der Waals surface area contributed by atoms with E-state index in [-0.39, 0.29) is 41.9 Å². The van der Waals surface area contributed by atoms with Crippen LogP contribution in [-0.2, 0) is 67.6 Å². The quantitative estimate of drug-likeness (QED) is 0.558. The van der Waals surface area contributed by atoms with Gasteiger partial charge in [-0.1, -0.05) is 0 Å². The van der Waals surface area contributed by atoms with Gasteiger partial charge in [0.2, 0.25) is 0 Å². The maximum atomic E-state index is 8.50. The minimum absolute atomic E-state index is 0. The van der Waals surface area contributed by atoms with Gasteiger partial charge in [-0.25, -0.2) is 0 Å². The fourth-order valence-electron chi connectivity index (χ4n) is 0. The van der Waals surface area contributed by atoms with Crippen LogP contribution in [-0.4, -0.2) is 0 Å². The Kier molecular flexibility index (Phi) is 55.1. The second-order valence-electron chi connectivity index (χ2n) is 0.0833. The van der Waals surface area contributed by atoms with Gasteiger partial charge in [0.15, 0.2) is 0 Å². The van der Waals surface area contributed by atoms with Crippen molar-refractivity contribution in [3.05, 3.63) is 0 Å². The molecule has 0 heterocycles. The Bertz CT molecular complexity index is 30.6. The van der Waals surface area contributed by atoms with Crippen molar-refractivity contribution in [3.8, 4) is 0 Å². The van der Waals surface area contributed by atoms with E-state index in [1.807, 2.05) is 0 Å². The van der Waals surface area contributed by atoms with E-state index in [4.69, 9.17) is 6.65 Å². The minimum Gasteiger partial charge on any atom is 0 e. The van der Waals surface area contributed by atoms with Crippen LogP contribution in [0.15, 0.2) is 0 Å². The van der Waals surface area contributed by atoms with E-state index < -0.39 is 19.1 Å². The zero-order valence-electron chi connectivity index (χ0n) is 2.33. The first-order valence-corrected chi connectivity index (χ1v) is 1.68. The van der Waals surface area contributed by atoms with Crippen molar-refractivity contribution in [1.82, 2.24) is 0 Å². The van der Waals surface area contributed by atoms with Crippen LogP contribution < -0.4 is 0 Å². The number of hydrogen-bond acceptors (Lipinski definition) is 2. The van der Waals surface area contributed by atoms with Gasteiger partial charge in [0.25, 0.3) is 0 Å². The Morgan fingerprint density at radius 2 is 1.20 bits per heavy atom. The van der Waals surface area contributed by atoms with Crippen LogP contribution in [0, 0.1) is 0 Å². The average Bonchev–Trinajstić information content (AvgIpc) is 0.918. The number of hydrogen-bond donors (Lipinski definition) is 0. The predicted octanol–water partition coefficient (Wildman–Crippen LogP) is -0.245. The van der Waals surface area contributed by atoms with Crippen LogP contribution in [0.1, 0.15) is 0 Å². The molecule has 0 aromatic carbocycles. The normalized spacial score (nSPS) is 1.60. The molecule has 0 amide bonds. The van der Waals surface area contributed by atoms with Gasteiger partial charge < -0.3 is 0 Å². The second kappa shape index (κ2) is 17.3. The average molecular weight is 253 g/mol. The molecule has 0 aromatic heterocycles. The Morgan fingerprint density at radius 1 is 1.20 bits per heavy atom. The van der Waals surface area contributed by atoms with Gasteiger partial charge in [0.1, 0.15) is 0 Å². The van der Waals surface area contributed by atoms with Crippen molar-refractivity contribution in [2.75, 3.05) is 0 Å². The minimum atomic E-state index is -2.00. The molecule has 1 radical (unpaired) electrons. The van der Waals surface area contributed by atoms with E-state index in [1.54, 1.807) is 0 Å². The van der Waals surface area contributed by atoms with Crippen LogP contribution in [0.4, 0.5) is 0 Å². The van der Waals surface area contributed by atoms with E-state index in [2.05, 4.69) is 0 Å². The maximum absolute atomic E-state index is 8.50. The molecule has 0 aliphatic carbocycles. The molecular formula is AgO2TiZn. The molecule has 0 unspecified atom stereocenters. The molecule has 0 saturated heterocycles. The first-order chi connectivity index (χ1) is 1.41. The zero-order chi connectivity index (χ0) is 2.71. The molecule has 0 aliphatic rings. The van der Waals surface area contributed by atoms with E-state index in [0.717, 1.165) is 0 Å². The SMILES string of the molecule is [Ag].[O]=[Ti]=[O].[Zn]. The molecule has 0 N–H and O–H groups in total. The van der Waals surface area contributed by atoms with Crippen molar-refractivity contribution in [2.45, 2.75) is 0 Å². The summed E-state index contributed by atoms with van der Waals surface area (Å²) in [7, 11) is 0. The van der Waals surface area contributed by atoms with Crippen LogP contribution in [0.5, 0.6) is 0 Å². The van der Waals surface area contributed by atoms with Crippen LogP contribution in [0.25, 0.3) is 0 Å². The van der Waals surface area contributed by atoms with Crippen molar-refractivity contribution in [1.29, 1.82) is 0 Å². The van der Waals surface area contributed by atoms with Crippen molar-refractivity contribution in [3.63, 3.8) is 0 Å². The topological polar surface area (TPSA) is 34.1 Å². The summed E-state index contributed by atoms with van der Waals surface area (Å²) in [6.07, 6.45) is 0. The molecule has 29 valence electrons. The van der Waals surface area contributed by atoms with E-state index in [1.165, 1.54) is 0 Å². The molecule has 0 atom stereocenters. The first kappa shape index (κ1) is 15.9. The summed E-state index contributed by atoms with van der Waals surface area (Å²) in [5.74, 6) is 0. The summed E-state index contributed by atoms with van der Waals surface area (Å²) in [6, 6.07) is 0. The molecule has 0 rings (SSSR count). The Hall–Kier alpha value is 1.68. The van der Waals surface area contributed by atoms with Crippen LogP contribution >= 0.6 is 0 Å². The summed E-state index contributed by atoms with van der Waals surface area (Å²) in [5, 5.41) is 0. The third kappa shape index (κ3) is 27.3. The third-order valence-electron chi connectivity index (χ3n) is 0. The van der Waals surface area contributed by atoms with Gasteiger partial charge in [0.05, 0.1) is 0 Å². The summed E-state index contributed by atoms with van der Waals surface area (Å²) < 4.78 is 17.0. The summed E-state index contributed by atoms with van der Waals surface area (Å²) in [5.41, 5.74) is 0. The van der Waals surface area contributed by atoms with E-state index in [0.29, 0.717) is 0 Å². The van der Waals surface area contributed by atoms with Gasteiger partial charge in [-0.15, -0.1) is 0 Å². The molecule has 0 bridgehead atoms. The predicted molar refractivity (Wildman–Crippen MR) is 1.37 cm³/mol. The van der Waals surface area contributed by atoms with Crippen molar-refractivity contribution in [2.24, 2.45) is 0 Å². The monoisotopic (exact) mass is 251 g/mol. The largest absolute Gasteiger partial charge is 0 e. The van der Waals surface area contributed by atoms with Crippen LogP contribution in [0.2, 0.25) is 0 Å². The third-order valence-corrected chi connectivity index (χ3v) is 0. The Labute approximate surface area is 66.9 Å². The molecule has 5 heteroatoms. The smallest absolute Gasteiger partial charge is 0 e. The van der Waals surface area contributed by atoms with Gasteiger partial charge in [0, 0.05) is 41.9 Å². The van der Waals surface area contributed by atoms with Gasteiger partial charge in [-0.2, -0.15) is 0 Å². The van der Waals surface area contributed by atoms with Crippen molar-refractivity contribution >= 4 is 0 Å². The van der Waals surface area contributed by atoms with Gasteiger partial charge in [-0.3, -0.25) is 0 Å². The molecule has 2 nitrogen and oxygen atoms in total. The number of rotatable bonds is 0. The molecule has 0 fully saturated rings. The van der Waals surface area contributed by atoms with Crippen LogP contribution in [0.3, 0.4) is 0 Å². The van der Waals surface area contributed by atoms with Crippen molar-refractivity contribution < 1.29 is 67.6 Å². The Morgan fingerprint density at radius 3 is 1.20 bits per heavy atom. The van der Waals surface area contributed by atoms with Gasteiger partial charge in [-0.05, 0) is 0 Å². The first-order valence-electron chi connectivity index (χ1n) is 0.408. The Balaban J connectivity index is -0.0000000200. The molecule has 0 aliphatic heterocycles. The summed E-state index contributed by atoms with van der Waals surface area (Å²) in [6.45, 7) is 0. The molecular weight excluding hydrogens is 253 g/mol. The standard InChI is InChI=1S/Ag.2O.Ti.Zn. The van der Waals surface area contributed by atoms with E-state index >= 15 is 0 Å². The maximum Gasteiger partial charge on any atom is 0 e. The second-order valence-corrected chi connectivity index (χ2v) is 0.344. The molecule has 0 spiro atoms.